The average Bonchev–Trinajstić information content (AvgIpc) is 2.09. The minimum Gasteiger partial charge on any atom is -0.301 e. The summed E-state index contributed by atoms with van der Waals surface area (Å²) in [7, 11) is 2.17. The minimum absolute atomic E-state index is 0.592. The van der Waals surface area contributed by atoms with Gasteiger partial charge in [0.05, 0.1) is 6.07 Å². The third-order valence-electron chi connectivity index (χ3n) is 2.94. The molecule has 0 aliphatic carbocycles. The second kappa shape index (κ2) is 4.59. The van der Waals surface area contributed by atoms with Crippen molar-refractivity contribution in [1.29, 1.82) is 5.26 Å². The lowest BCUT2D eigenvalue weighted by Crippen LogP contribution is -2.54. The largest absolute Gasteiger partial charge is 0.301 e. The molecule has 0 aromatic heterocycles. The number of hydrogen-bond acceptors (Lipinski definition) is 3. The zero-order valence-corrected chi connectivity index (χ0v) is 8.82. The van der Waals surface area contributed by atoms with Crippen LogP contribution in [0.4, 0.5) is 0 Å². The molecule has 74 valence electrons. The number of rotatable bonds is 2. The molecule has 0 N–H and O–H groups in total. The maximum Gasteiger partial charge on any atom is 0.0635 e. The molecule has 1 heterocycles. The van der Waals surface area contributed by atoms with Crippen molar-refractivity contribution in [1.82, 2.24) is 9.80 Å². The van der Waals surface area contributed by atoms with E-state index in [1.54, 1.807) is 0 Å². The van der Waals surface area contributed by atoms with Gasteiger partial charge in [0.1, 0.15) is 0 Å². The molecule has 2 unspecified atom stereocenters. The summed E-state index contributed by atoms with van der Waals surface area (Å²) in [6, 6.07) is 3.42. The van der Waals surface area contributed by atoms with Gasteiger partial charge in [0.2, 0.25) is 0 Å². The van der Waals surface area contributed by atoms with Crippen molar-refractivity contribution in [2.45, 2.75) is 32.4 Å². The van der Waals surface area contributed by atoms with E-state index in [1.165, 1.54) is 0 Å². The minimum atomic E-state index is 0.592. The zero-order valence-electron chi connectivity index (χ0n) is 8.82. The Morgan fingerprint density at radius 3 is 2.62 bits per heavy atom. The van der Waals surface area contributed by atoms with Gasteiger partial charge in [-0.15, -0.1) is 0 Å². The second-order valence-electron chi connectivity index (χ2n) is 4.04. The van der Waals surface area contributed by atoms with Crippen LogP contribution in [0.2, 0.25) is 0 Å². The van der Waals surface area contributed by atoms with Crippen molar-refractivity contribution in [3.05, 3.63) is 0 Å². The summed E-state index contributed by atoms with van der Waals surface area (Å²) in [6.45, 7) is 7.62. The van der Waals surface area contributed by atoms with Crippen LogP contribution < -0.4 is 0 Å². The number of nitrogens with zero attached hydrogens (tertiary/aromatic N) is 3. The smallest absolute Gasteiger partial charge is 0.0635 e. The Bertz CT molecular complexity index is 197. The van der Waals surface area contributed by atoms with Gasteiger partial charge in [-0.3, -0.25) is 4.90 Å². The Labute approximate surface area is 80.9 Å². The summed E-state index contributed by atoms with van der Waals surface area (Å²) in [5, 5.41) is 8.51. The average molecular weight is 181 g/mol. The van der Waals surface area contributed by atoms with Gasteiger partial charge in [-0.1, -0.05) is 0 Å². The molecule has 1 rings (SSSR count). The molecule has 13 heavy (non-hydrogen) atoms. The molecule has 3 heteroatoms. The summed E-state index contributed by atoms with van der Waals surface area (Å²) < 4.78 is 0. The van der Waals surface area contributed by atoms with Crippen LogP contribution in [0.25, 0.3) is 0 Å². The van der Waals surface area contributed by atoms with Crippen molar-refractivity contribution in [2.24, 2.45) is 0 Å². The first-order chi connectivity index (χ1) is 6.15. The fourth-order valence-corrected chi connectivity index (χ4v) is 1.88. The number of likely N-dealkylation sites (N-methyl/N-ethyl adjacent to an activating group) is 1. The number of nitriles is 1. The van der Waals surface area contributed by atoms with Gasteiger partial charge >= 0.3 is 0 Å². The lowest BCUT2D eigenvalue weighted by atomic mass is 10.1. The van der Waals surface area contributed by atoms with Crippen molar-refractivity contribution in [3.8, 4) is 6.07 Å². The van der Waals surface area contributed by atoms with Crippen LogP contribution in [-0.2, 0) is 0 Å². The Morgan fingerprint density at radius 2 is 2.00 bits per heavy atom. The van der Waals surface area contributed by atoms with Crippen molar-refractivity contribution in [3.63, 3.8) is 0 Å². The van der Waals surface area contributed by atoms with Gasteiger partial charge < -0.3 is 4.90 Å². The first-order valence-corrected chi connectivity index (χ1v) is 4.96. The standard InChI is InChI=1S/C10H19N3/c1-9-8-13(6-4-5-11)10(2)7-12(9)3/h9-10H,4,6-8H2,1-3H3. The molecule has 1 aliphatic rings. The number of piperazine rings is 1. The molecule has 0 radical (unpaired) electrons. The summed E-state index contributed by atoms with van der Waals surface area (Å²) in [5.41, 5.74) is 0. The molecule has 0 amide bonds. The fourth-order valence-electron chi connectivity index (χ4n) is 1.88. The second-order valence-corrected chi connectivity index (χ2v) is 4.04. The topological polar surface area (TPSA) is 30.3 Å². The summed E-state index contributed by atoms with van der Waals surface area (Å²) in [4.78, 5) is 4.79. The van der Waals surface area contributed by atoms with E-state index >= 15 is 0 Å². The molecule has 1 aliphatic heterocycles. The highest BCUT2D eigenvalue weighted by Gasteiger charge is 2.25. The van der Waals surface area contributed by atoms with Crippen LogP contribution in [0.1, 0.15) is 20.3 Å². The predicted octanol–water partition coefficient (Wildman–Crippen LogP) is 0.924. The summed E-state index contributed by atoms with van der Waals surface area (Å²) in [6.07, 6.45) is 0.654. The van der Waals surface area contributed by atoms with E-state index in [0.29, 0.717) is 18.5 Å². The maximum atomic E-state index is 8.51. The molecule has 0 aromatic carbocycles. The van der Waals surface area contributed by atoms with E-state index in [9.17, 15) is 0 Å². The molecular formula is C10H19N3. The Morgan fingerprint density at radius 1 is 1.31 bits per heavy atom. The van der Waals surface area contributed by atoms with E-state index in [0.717, 1.165) is 19.6 Å². The highest BCUT2D eigenvalue weighted by Crippen LogP contribution is 2.12. The lowest BCUT2D eigenvalue weighted by molar-refractivity contribution is 0.0618. The Hall–Kier alpha value is -0.590. The molecule has 0 bridgehead atoms. The first kappa shape index (κ1) is 10.5. The normalized spacial score (nSPS) is 31.5. The molecule has 1 saturated heterocycles. The third-order valence-corrected chi connectivity index (χ3v) is 2.94. The quantitative estimate of drug-likeness (QED) is 0.634. The highest BCUT2D eigenvalue weighted by atomic mass is 15.3. The predicted molar refractivity (Wildman–Crippen MR) is 53.4 cm³/mol. The summed E-state index contributed by atoms with van der Waals surface area (Å²) in [5.74, 6) is 0. The Balaban J connectivity index is 2.42. The first-order valence-electron chi connectivity index (χ1n) is 4.96. The van der Waals surface area contributed by atoms with Gasteiger partial charge in [0.15, 0.2) is 0 Å². The van der Waals surface area contributed by atoms with E-state index in [2.05, 4.69) is 36.8 Å². The fraction of sp³-hybridized carbons (Fsp3) is 0.900. The van der Waals surface area contributed by atoms with E-state index in [-0.39, 0.29) is 0 Å². The number of hydrogen-bond donors (Lipinski definition) is 0. The van der Waals surface area contributed by atoms with E-state index in [4.69, 9.17) is 5.26 Å². The van der Waals surface area contributed by atoms with Crippen LogP contribution in [0.5, 0.6) is 0 Å². The van der Waals surface area contributed by atoms with Crippen LogP contribution in [0.15, 0.2) is 0 Å². The van der Waals surface area contributed by atoms with Crippen LogP contribution in [-0.4, -0.2) is 48.6 Å². The summed E-state index contributed by atoms with van der Waals surface area (Å²) >= 11 is 0. The van der Waals surface area contributed by atoms with Crippen molar-refractivity contribution >= 4 is 0 Å². The van der Waals surface area contributed by atoms with Crippen LogP contribution in [0, 0.1) is 11.3 Å². The zero-order chi connectivity index (χ0) is 9.84. The molecule has 1 fully saturated rings. The van der Waals surface area contributed by atoms with Gasteiger partial charge in [-0.25, -0.2) is 0 Å². The van der Waals surface area contributed by atoms with Gasteiger partial charge in [-0.05, 0) is 20.9 Å². The van der Waals surface area contributed by atoms with E-state index in [1.807, 2.05) is 0 Å². The van der Waals surface area contributed by atoms with Crippen molar-refractivity contribution in [2.75, 3.05) is 26.7 Å². The van der Waals surface area contributed by atoms with Gasteiger partial charge in [0.25, 0.3) is 0 Å². The molecule has 0 saturated carbocycles. The van der Waals surface area contributed by atoms with Gasteiger partial charge in [0, 0.05) is 38.1 Å². The molecular weight excluding hydrogens is 162 g/mol. The molecule has 0 spiro atoms. The van der Waals surface area contributed by atoms with Crippen molar-refractivity contribution < 1.29 is 0 Å². The van der Waals surface area contributed by atoms with Gasteiger partial charge in [-0.2, -0.15) is 5.26 Å². The maximum absolute atomic E-state index is 8.51. The van der Waals surface area contributed by atoms with Crippen LogP contribution in [0.3, 0.4) is 0 Å². The third kappa shape index (κ3) is 2.68. The SMILES string of the molecule is CC1CN(CCC#N)C(C)CN1C. The molecule has 3 nitrogen and oxygen atoms in total. The highest BCUT2D eigenvalue weighted by molar-refractivity contribution is 4.84. The Kier molecular flexibility index (Phi) is 3.71. The molecule has 2 atom stereocenters. The van der Waals surface area contributed by atoms with Crippen LogP contribution >= 0.6 is 0 Å². The molecule has 0 aromatic rings. The lowest BCUT2D eigenvalue weighted by Gasteiger charge is -2.42. The monoisotopic (exact) mass is 181 g/mol. The van der Waals surface area contributed by atoms with E-state index < -0.39 is 0 Å².